The Balaban J connectivity index is 1.56. The fourth-order valence-corrected chi connectivity index (χ4v) is 2.17. The lowest BCUT2D eigenvalue weighted by Gasteiger charge is -2.17. The van der Waals surface area contributed by atoms with E-state index in [9.17, 15) is 0 Å². The largest absolute Gasteiger partial charge is 0.491 e. The number of rotatable bonds is 4. The second-order valence-electron chi connectivity index (χ2n) is 5.22. The van der Waals surface area contributed by atoms with E-state index in [1.807, 2.05) is 38.1 Å². The summed E-state index contributed by atoms with van der Waals surface area (Å²) in [7, 11) is 0. The van der Waals surface area contributed by atoms with Crippen LogP contribution in [-0.2, 0) is 9.47 Å². The van der Waals surface area contributed by atoms with Crippen LogP contribution in [0.1, 0.15) is 13.8 Å². The summed E-state index contributed by atoms with van der Waals surface area (Å²) >= 11 is 0. The summed E-state index contributed by atoms with van der Waals surface area (Å²) in [6.45, 7) is 4.87. The molecule has 1 aromatic carbocycles. The lowest BCUT2D eigenvalue weighted by Crippen LogP contribution is -2.25. The highest BCUT2D eigenvalue weighted by atomic mass is 16.7. The maximum absolute atomic E-state index is 5.72. The zero-order valence-corrected chi connectivity index (χ0v) is 11.6. The Morgan fingerprint density at radius 3 is 2.75 bits per heavy atom. The third-order valence-corrected chi connectivity index (χ3v) is 3.13. The summed E-state index contributed by atoms with van der Waals surface area (Å²) < 4.78 is 16.9. The van der Waals surface area contributed by atoms with E-state index in [-0.39, 0.29) is 6.10 Å². The first-order valence-electron chi connectivity index (χ1n) is 6.67. The molecule has 0 aliphatic carbocycles. The molecule has 1 fully saturated rings. The fraction of sp³-hybridized carbons (Fsp3) is 0.400. The number of nitrogens with one attached hydrogen (secondary N) is 1. The van der Waals surface area contributed by atoms with Crippen molar-refractivity contribution in [3.05, 3.63) is 36.7 Å². The Labute approximate surface area is 117 Å². The second kappa shape index (κ2) is 5.26. The van der Waals surface area contributed by atoms with Crippen LogP contribution in [0.25, 0.3) is 11.4 Å². The van der Waals surface area contributed by atoms with Crippen molar-refractivity contribution in [2.24, 2.45) is 0 Å². The van der Waals surface area contributed by atoms with Crippen molar-refractivity contribution >= 4 is 0 Å². The molecule has 1 atom stereocenters. The van der Waals surface area contributed by atoms with Gasteiger partial charge >= 0.3 is 0 Å². The number of benzene rings is 1. The minimum atomic E-state index is -0.503. The van der Waals surface area contributed by atoms with Crippen LogP contribution in [0, 0.1) is 0 Å². The maximum Gasteiger partial charge on any atom is 0.163 e. The van der Waals surface area contributed by atoms with Gasteiger partial charge in [-0.25, -0.2) is 4.98 Å². The molecule has 0 saturated carbocycles. The molecule has 0 amide bonds. The predicted octanol–water partition coefficient (Wildman–Crippen LogP) is 2.61. The van der Waals surface area contributed by atoms with Crippen molar-refractivity contribution in [1.29, 1.82) is 0 Å². The lowest BCUT2D eigenvalue weighted by atomic mass is 10.2. The van der Waals surface area contributed by atoms with Crippen molar-refractivity contribution in [1.82, 2.24) is 9.97 Å². The molecule has 1 saturated heterocycles. The van der Waals surface area contributed by atoms with Gasteiger partial charge in [0, 0.05) is 18.0 Å². The number of imidazole rings is 1. The molecule has 3 rings (SSSR count). The summed E-state index contributed by atoms with van der Waals surface area (Å²) in [6, 6.07) is 7.81. The van der Waals surface area contributed by atoms with Crippen molar-refractivity contribution in [2.45, 2.75) is 25.7 Å². The Morgan fingerprint density at radius 2 is 2.15 bits per heavy atom. The average Bonchev–Trinajstić information content (AvgIpc) is 3.06. The van der Waals surface area contributed by atoms with Crippen molar-refractivity contribution in [2.75, 3.05) is 13.2 Å². The number of ether oxygens (including phenoxy) is 3. The first-order valence-corrected chi connectivity index (χ1v) is 6.67. The molecule has 2 aromatic rings. The summed E-state index contributed by atoms with van der Waals surface area (Å²) in [4.78, 5) is 7.28. The van der Waals surface area contributed by atoms with Crippen molar-refractivity contribution < 1.29 is 14.2 Å². The summed E-state index contributed by atoms with van der Waals surface area (Å²) in [5.74, 6) is 1.16. The summed E-state index contributed by atoms with van der Waals surface area (Å²) in [5.41, 5.74) is 1.03. The number of hydrogen-bond donors (Lipinski definition) is 1. The van der Waals surface area contributed by atoms with Gasteiger partial charge < -0.3 is 19.2 Å². The first kappa shape index (κ1) is 13.1. The Kier molecular flexibility index (Phi) is 3.46. The summed E-state index contributed by atoms with van der Waals surface area (Å²) in [6.07, 6.45) is 3.52. The van der Waals surface area contributed by atoms with Crippen LogP contribution < -0.4 is 4.74 Å². The van der Waals surface area contributed by atoms with Crippen LogP contribution >= 0.6 is 0 Å². The molecule has 2 heterocycles. The maximum atomic E-state index is 5.72. The summed E-state index contributed by atoms with van der Waals surface area (Å²) in [5, 5.41) is 0. The number of nitrogens with zero attached hydrogens (tertiary/aromatic N) is 1. The van der Waals surface area contributed by atoms with Gasteiger partial charge in [0.05, 0.1) is 6.61 Å². The van der Waals surface area contributed by atoms with E-state index in [0.29, 0.717) is 13.2 Å². The number of aromatic nitrogens is 2. The molecule has 0 radical (unpaired) electrons. The van der Waals surface area contributed by atoms with E-state index < -0.39 is 5.79 Å². The number of hydrogen-bond acceptors (Lipinski definition) is 4. The topological polar surface area (TPSA) is 56.4 Å². The quantitative estimate of drug-likeness (QED) is 0.931. The van der Waals surface area contributed by atoms with Gasteiger partial charge in [0.15, 0.2) is 5.79 Å². The molecular weight excluding hydrogens is 256 g/mol. The molecule has 106 valence electrons. The van der Waals surface area contributed by atoms with E-state index in [1.165, 1.54) is 0 Å². The third-order valence-electron chi connectivity index (χ3n) is 3.13. The van der Waals surface area contributed by atoms with Gasteiger partial charge in [-0.15, -0.1) is 0 Å². The second-order valence-corrected chi connectivity index (χ2v) is 5.22. The normalized spacial score (nSPS) is 21.0. The van der Waals surface area contributed by atoms with Gasteiger partial charge in [0.2, 0.25) is 0 Å². The van der Waals surface area contributed by atoms with Crippen LogP contribution in [0.15, 0.2) is 36.7 Å². The molecular formula is C15H18N2O3. The highest BCUT2D eigenvalue weighted by Crippen LogP contribution is 2.24. The van der Waals surface area contributed by atoms with Crippen LogP contribution in [0.2, 0.25) is 0 Å². The van der Waals surface area contributed by atoms with E-state index in [4.69, 9.17) is 14.2 Å². The molecule has 20 heavy (non-hydrogen) atoms. The van der Waals surface area contributed by atoms with Gasteiger partial charge in [-0.1, -0.05) is 0 Å². The Morgan fingerprint density at radius 1 is 1.35 bits per heavy atom. The van der Waals surface area contributed by atoms with Gasteiger partial charge in [-0.05, 0) is 38.1 Å². The molecule has 0 bridgehead atoms. The molecule has 1 aliphatic rings. The smallest absolute Gasteiger partial charge is 0.163 e. The van der Waals surface area contributed by atoms with Gasteiger partial charge in [0.1, 0.15) is 24.3 Å². The number of aromatic amines is 1. The standard InChI is InChI=1S/C15H18N2O3/c1-15(2)19-10-13(20-15)9-18-12-5-3-11(4-6-12)14-16-7-8-17-14/h3-8,13H,9-10H2,1-2H3,(H,16,17). The molecule has 1 aromatic heterocycles. The van der Waals surface area contributed by atoms with Crippen LogP contribution in [0.4, 0.5) is 0 Å². The predicted molar refractivity (Wildman–Crippen MR) is 74.4 cm³/mol. The zero-order valence-electron chi connectivity index (χ0n) is 11.6. The molecule has 1 aliphatic heterocycles. The molecule has 5 nitrogen and oxygen atoms in total. The highest BCUT2D eigenvalue weighted by molar-refractivity contribution is 5.55. The minimum absolute atomic E-state index is 0.0187. The minimum Gasteiger partial charge on any atom is -0.491 e. The lowest BCUT2D eigenvalue weighted by molar-refractivity contribution is -0.141. The zero-order chi connectivity index (χ0) is 14.0. The molecule has 1 unspecified atom stereocenters. The fourth-order valence-electron chi connectivity index (χ4n) is 2.17. The SMILES string of the molecule is CC1(C)OCC(COc2ccc(-c3ncc[nH]3)cc2)O1. The van der Waals surface area contributed by atoms with Crippen LogP contribution in [0.3, 0.4) is 0 Å². The monoisotopic (exact) mass is 274 g/mol. The van der Waals surface area contributed by atoms with Crippen molar-refractivity contribution in [3.8, 4) is 17.1 Å². The highest BCUT2D eigenvalue weighted by Gasteiger charge is 2.32. The van der Waals surface area contributed by atoms with E-state index in [1.54, 1.807) is 12.4 Å². The number of H-pyrrole nitrogens is 1. The first-order chi connectivity index (χ1) is 9.62. The Hall–Kier alpha value is -1.85. The third kappa shape index (κ3) is 3.00. The van der Waals surface area contributed by atoms with Crippen molar-refractivity contribution in [3.63, 3.8) is 0 Å². The van der Waals surface area contributed by atoms with Gasteiger partial charge in [0.25, 0.3) is 0 Å². The van der Waals surface area contributed by atoms with Crippen LogP contribution in [0.5, 0.6) is 5.75 Å². The van der Waals surface area contributed by atoms with Gasteiger partial charge in [-0.3, -0.25) is 0 Å². The molecule has 5 heteroatoms. The average molecular weight is 274 g/mol. The van der Waals surface area contributed by atoms with Crippen LogP contribution in [-0.4, -0.2) is 35.1 Å². The Bertz CT molecular complexity index is 549. The van der Waals surface area contributed by atoms with E-state index in [2.05, 4.69) is 9.97 Å². The van der Waals surface area contributed by atoms with E-state index >= 15 is 0 Å². The molecule has 0 spiro atoms. The van der Waals surface area contributed by atoms with Gasteiger partial charge in [-0.2, -0.15) is 0 Å². The van der Waals surface area contributed by atoms with E-state index in [0.717, 1.165) is 17.1 Å². The molecule has 1 N–H and O–H groups in total.